The maximum Gasteiger partial charge on any atom is 0.275 e. The zero-order chi connectivity index (χ0) is 21.9. The Hall–Kier alpha value is -3.43. The summed E-state index contributed by atoms with van der Waals surface area (Å²) in [5, 5.41) is 9.20. The topological polar surface area (TPSA) is 132 Å². The van der Waals surface area contributed by atoms with Gasteiger partial charge in [-0.25, -0.2) is 13.9 Å². The molecule has 0 aliphatic heterocycles. The van der Waals surface area contributed by atoms with Crippen molar-refractivity contribution >= 4 is 21.4 Å². The van der Waals surface area contributed by atoms with E-state index in [-0.39, 0.29) is 26.6 Å². The quantitative estimate of drug-likeness (QED) is 0.313. The maximum absolute atomic E-state index is 13.3. The van der Waals surface area contributed by atoms with Gasteiger partial charge in [-0.1, -0.05) is 6.07 Å². The fraction of sp³-hybridized carbons (Fsp3) is 0.143. The number of hydrogen-bond donors (Lipinski definition) is 3. The summed E-state index contributed by atoms with van der Waals surface area (Å²) in [7, 11) is -2.65. The van der Waals surface area contributed by atoms with E-state index in [4.69, 9.17) is 10.5 Å². The summed E-state index contributed by atoms with van der Waals surface area (Å²) in [5.41, 5.74) is 9.26. The third-order valence-electron chi connectivity index (χ3n) is 4.74. The van der Waals surface area contributed by atoms with E-state index >= 15 is 0 Å². The molecule has 1 heterocycles. The van der Waals surface area contributed by atoms with Gasteiger partial charge in [0.2, 0.25) is 9.84 Å². The van der Waals surface area contributed by atoms with Gasteiger partial charge in [0.1, 0.15) is 5.75 Å². The molecule has 0 aliphatic carbocycles. The summed E-state index contributed by atoms with van der Waals surface area (Å²) in [6.45, 7) is 1.53. The van der Waals surface area contributed by atoms with Crippen molar-refractivity contribution in [3.8, 4) is 5.75 Å². The molecule has 0 aliphatic rings. The highest BCUT2D eigenvalue weighted by molar-refractivity contribution is 7.91. The van der Waals surface area contributed by atoms with Gasteiger partial charge in [0.25, 0.3) is 5.91 Å². The summed E-state index contributed by atoms with van der Waals surface area (Å²) < 4.78 is 31.8. The van der Waals surface area contributed by atoms with Gasteiger partial charge in [-0.05, 0) is 60.5 Å². The number of benzene rings is 2. The van der Waals surface area contributed by atoms with Crippen LogP contribution in [0.4, 0.5) is 5.69 Å². The first-order chi connectivity index (χ1) is 14.3. The minimum atomic E-state index is -4.12. The molecule has 0 fully saturated rings. The summed E-state index contributed by atoms with van der Waals surface area (Å²) in [4.78, 5) is 16.3. The highest BCUT2D eigenvalue weighted by Gasteiger charge is 2.29. The molecule has 0 radical (unpaired) electrons. The Morgan fingerprint density at radius 2 is 1.90 bits per heavy atom. The highest BCUT2D eigenvalue weighted by Crippen LogP contribution is 2.34. The van der Waals surface area contributed by atoms with Crippen LogP contribution < -0.4 is 16.0 Å². The minimum Gasteiger partial charge on any atom is -0.497 e. The lowest BCUT2D eigenvalue weighted by molar-refractivity contribution is 0.0702. The molecular weight excluding hydrogens is 406 g/mol. The number of rotatable bonds is 6. The largest absolute Gasteiger partial charge is 0.497 e. The van der Waals surface area contributed by atoms with E-state index < -0.39 is 15.7 Å². The molecule has 156 valence electrons. The second-order valence-corrected chi connectivity index (χ2v) is 8.46. The van der Waals surface area contributed by atoms with Gasteiger partial charge < -0.3 is 10.5 Å². The number of methoxy groups -OCH3 is 1. The predicted octanol–water partition coefficient (Wildman–Crippen LogP) is 2.52. The number of anilines is 1. The van der Waals surface area contributed by atoms with Gasteiger partial charge >= 0.3 is 0 Å². The highest BCUT2D eigenvalue weighted by atomic mass is 32.2. The monoisotopic (exact) mass is 427 g/mol. The molecule has 0 saturated heterocycles. The number of pyridine rings is 1. The first kappa shape index (κ1) is 21.3. The maximum atomic E-state index is 13.3. The van der Waals surface area contributed by atoms with Gasteiger partial charge in [-0.3, -0.25) is 15.0 Å². The summed E-state index contributed by atoms with van der Waals surface area (Å²) in [6.07, 6.45) is 1.92. The summed E-state index contributed by atoms with van der Waals surface area (Å²) in [6, 6.07) is 12.5. The third-order valence-corrected chi connectivity index (χ3v) is 6.69. The molecule has 8 nitrogen and oxygen atoms in total. The molecule has 3 rings (SSSR count). The van der Waals surface area contributed by atoms with Crippen LogP contribution in [-0.2, 0) is 16.3 Å². The molecule has 4 N–H and O–H groups in total. The molecule has 0 atom stereocenters. The number of ether oxygens (including phenoxy) is 1. The van der Waals surface area contributed by atoms with Crippen molar-refractivity contribution in [2.24, 2.45) is 0 Å². The molecule has 0 bridgehead atoms. The molecule has 9 heteroatoms. The van der Waals surface area contributed by atoms with E-state index in [2.05, 4.69) is 4.98 Å². The number of carbonyl (C=O) groups is 1. The lowest BCUT2D eigenvalue weighted by Gasteiger charge is -2.18. The molecular formula is C21H21N3O5S. The SMILES string of the molecule is COc1ccc(S(=O)(=O)c2c(C(=O)NO)cc(Cc3ccccn3)c(N)c2C)cc1. The number of amides is 1. The van der Waals surface area contributed by atoms with Crippen LogP contribution in [0.15, 0.2) is 64.5 Å². The smallest absolute Gasteiger partial charge is 0.275 e. The van der Waals surface area contributed by atoms with Crippen LogP contribution in [0.5, 0.6) is 5.75 Å². The van der Waals surface area contributed by atoms with Gasteiger partial charge in [-0.2, -0.15) is 0 Å². The molecule has 0 unspecified atom stereocenters. The molecule has 2 aromatic carbocycles. The summed E-state index contributed by atoms with van der Waals surface area (Å²) in [5.74, 6) is -0.461. The van der Waals surface area contributed by atoms with Crippen LogP contribution in [0, 0.1) is 6.92 Å². The lowest BCUT2D eigenvalue weighted by atomic mass is 9.99. The van der Waals surface area contributed by atoms with Crippen LogP contribution in [-0.4, -0.2) is 31.6 Å². The molecule has 30 heavy (non-hydrogen) atoms. The van der Waals surface area contributed by atoms with Crippen LogP contribution in [0.2, 0.25) is 0 Å². The zero-order valence-electron chi connectivity index (χ0n) is 16.4. The molecule has 3 aromatic rings. The molecule has 0 saturated carbocycles. The average molecular weight is 427 g/mol. The number of sulfone groups is 1. The van der Waals surface area contributed by atoms with Crippen molar-refractivity contribution in [1.82, 2.24) is 10.5 Å². The van der Waals surface area contributed by atoms with Crippen molar-refractivity contribution in [2.45, 2.75) is 23.1 Å². The van der Waals surface area contributed by atoms with Crippen LogP contribution >= 0.6 is 0 Å². The number of hydrogen-bond acceptors (Lipinski definition) is 7. The number of aromatic nitrogens is 1. The standard InChI is InChI=1S/C21H21N3O5S/c1-13-19(22)14(11-15-5-3-4-10-23-15)12-18(21(25)24-26)20(13)30(27,28)17-8-6-16(29-2)7-9-17/h3-10,12,26H,11,22H2,1-2H3,(H,24,25). The van der Waals surface area contributed by atoms with Gasteiger partial charge in [0.05, 0.1) is 22.5 Å². The van der Waals surface area contributed by atoms with E-state index in [1.165, 1.54) is 49.8 Å². The Morgan fingerprint density at radius 3 is 2.47 bits per heavy atom. The van der Waals surface area contributed by atoms with Crippen molar-refractivity contribution < 1.29 is 23.2 Å². The van der Waals surface area contributed by atoms with Crippen LogP contribution in [0.25, 0.3) is 0 Å². The normalized spacial score (nSPS) is 11.2. The Balaban J connectivity index is 2.20. The first-order valence-electron chi connectivity index (χ1n) is 8.95. The second kappa shape index (κ2) is 8.52. The van der Waals surface area contributed by atoms with Crippen molar-refractivity contribution in [3.05, 3.63) is 77.1 Å². The average Bonchev–Trinajstić information content (AvgIpc) is 2.76. The molecule has 0 spiro atoms. The Morgan fingerprint density at radius 1 is 1.20 bits per heavy atom. The van der Waals surface area contributed by atoms with Crippen LogP contribution in [0.1, 0.15) is 27.2 Å². The third kappa shape index (κ3) is 3.98. The van der Waals surface area contributed by atoms with Crippen molar-refractivity contribution in [2.75, 3.05) is 12.8 Å². The number of nitrogen functional groups attached to an aromatic ring is 1. The van der Waals surface area contributed by atoms with Crippen LogP contribution in [0.3, 0.4) is 0 Å². The Kier molecular flexibility index (Phi) is 6.04. The fourth-order valence-electron chi connectivity index (χ4n) is 3.17. The first-order valence-corrected chi connectivity index (χ1v) is 10.4. The summed E-state index contributed by atoms with van der Waals surface area (Å²) >= 11 is 0. The number of nitrogens with two attached hydrogens (primary N) is 1. The number of nitrogens with zero attached hydrogens (tertiary/aromatic N) is 1. The van der Waals surface area contributed by atoms with Gasteiger partial charge in [0, 0.05) is 24.0 Å². The Labute approximate surface area is 174 Å². The Bertz CT molecular complexity index is 1180. The fourth-order valence-corrected chi connectivity index (χ4v) is 4.86. The number of hydroxylamine groups is 1. The second-order valence-electron chi connectivity index (χ2n) is 6.57. The molecule has 1 aromatic heterocycles. The predicted molar refractivity (Wildman–Crippen MR) is 110 cm³/mol. The zero-order valence-corrected chi connectivity index (χ0v) is 17.2. The van der Waals surface area contributed by atoms with E-state index in [0.717, 1.165) is 0 Å². The van der Waals surface area contributed by atoms with E-state index in [0.29, 0.717) is 23.4 Å². The van der Waals surface area contributed by atoms with Crippen molar-refractivity contribution in [1.29, 1.82) is 0 Å². The lowest BCUT2D eigenvalue weighted by Crippen LogP contribution is -2.23. The van der Waals surface area contributed by atoms with Gasteiger partial charge in [-0.15, -0.1) is 0 Å². The molecule has 1 amide bonds. The minimum absolute atomic E-state index is 0.0322. The van der Waals surface area contributed by atoms with Gasteiger partial charge in [0.15, 0.2) is 0 Å². The van der Waals surface area contributed by atoms with E-state index in [9.17, 15) is 18.4 Å². The van der Waals surface area contributed by atoms with Crippen molar-refractivity contribution in [3.63, 3.8) is 0 Å². The van der Waals surface area contributed by atoms with E-state index in [1.807, 2.05) is 6.07 Å². The van der Waals surface area contributed by atoms with E-state index in [1.54, 1.807) is 18.3 Å². The number of carbonyl (C=O) groups excluding carboxylic acids is 1. The number of nitrogens with one attached hydrogen (secondary N) is 1.